The highest BCUT2D eigenvalue weighted by atomic mass is 35.5. The van der Waals surface area contributed by atoms with E-state index in [1.807, 2.05) is 25.3 Å². The van der Waals surface area contributed by atoms with E-state index in [-0.39, 0.29) is 17.6 Å². The van der Waals surface area contributed by atoms with E-state index in [0.29, 0.717) is 17.3 Å². The lowest BCUT2D eigenvalue weighted by molar-refractivity contribution is 0.0898. The first-order valence-electron chi connectivity index (χ1n) is 9.97. The lowest BCUT2D eigenvalue weighted by atomic mass is 10.1. The van der Waals surface area contributed by atoms with E-state index in [1.165, 1.54) is 0 Å². The Morgan fingerprint density at radius 3 is 2.53 bits per heavy atom. The number of amides is 1. The summed E-state index contributed by atoms with van der Waals surface area (Å²) >= 11 is 5.96. The second kappa shape index (κ2) is 8.49. The number of hydrogen-bond donors (Lipinski definition) is 1. The van der Waals surface area contributed by atoms with Crippen molar-refractivity contribution in [2.45, 2.75) is 32.5 Å². The van der Waals surface area contributed by atoms with Gasteiger partial charge in [0.05, 0.1) is 24.1 Å². The van der Waals surface area contributed by atoms with Gasteiger partial charge in [0.15, 0.2) is 0 Å². The molecule has 1 aliphatic heterocycles. The third-order valence-corrected chi connectivity index (χ3v) is 5.71. The van der Waals surface area contributed by atoms with E-state index in [2.05, 4.69) is 15.3 Å². The lowest BCUT2D eigenvalue weighted by Gasteiger charge is -2.32. The van der Waals surface area contributed by atoms with Gasteiger partial charge in [-0.05, 0) is 44.0 Å². The second-order valence-electron chi connectivity index (χ2n) is 7.74. The third kappa shape index (κ3) is 4.34. The predicted molar refractivity (Wildman–Crippen MR) is 115 cm³/mol. The van der Waals surface area contributed by atoms with Gasteiger partial charge in [0.1, 0.15) is 0 Å². The van der Waals surface area contributed by atoms with Crippen molar-refractivity contribution in [2.24, 2.45) is 7.05 Å². The zero-order valence-electron chi connectivity index (χ0n) is 17.1. The molecule has 3 aromatic rings. The van der Waals surface area contributed by atoms with Gasteiger partial charge in [0.25, 0.3) is 5.91 Å². The van der Waals surface area contributed by atoms with Crippen molar-refractivity contribution in [1.82, 2.24) is 29.1 Å². The van der Waals surface area contributed by atoms with Gasteiger partial charge in [-0.3, -0.25) is 23.5 Å². The predicted octanol–water partition coefficient (Wildman–Crippen LogP) is 2.19. The highest BCUT2D eigenvalue weighted by molar-refractivity contribution is 6.30. The molecule has 4 rings (SSSR count). The van der Waals surface area contributed by atoms with Crippen molar-refractivity contribution in [1.29, 1.82) is 0 Å². The van der Waals surface area contributed by atoms with Crippen LogP contribution in [0.15, 0.2) is 47.7 Å². The van der Waals surface area contributed by atoms with E-state index >= 15 is 0 Å². The fourth-order valence-corrected chi connectivity index (χ4v) is 3.99. The Morgan fingerprint density at radius 1 is 1.20 bits per heavy atom. The van der Waals surface area contributed by atoms with Crippen LogP contribution in [0.5, 0.6) is 0 Å². The van der Waals surface area contributed by atoms with E-state index in [0.717, 1.165) is 37.3 Å². The summed E-state index contributed by atoms with van der Waals surface area (Å²) in [7, 11) is 1.79. The van der Waals surface area contributed by atoms with Gasteiger partial charge in [0.2, 0.25) is 0 Å². The van der Waals surface area contributed by atoms with Crippen LogP contribution >= 0.6 is 11.6 Å². The maximum absolute atomic E-state index is 12.9. The number of halogens is 1. The van der Waals surface area contributed by atoms with Crippen molar-refractivity contribution >= 4 is 17.5 Å². The molecular formula is C21H25ClN6O2. The molecule has 0 spiro atoms. The maximum Gasteiger partial charge on any atom is 0.334 e. The number of likely N-dealkylation sites (tertiary alicyclic amines) is 1. The van der Waals surface area contributed by atoms with Gasteiger partial charge in [-0.1, -0.05) is 11.6 Å². The smallest absolute Gasteiger partial charge is 0.334 e. The number of nitrogens with zero attached hydrogens (tertiary/aromatic N) is 5. The number of rotatable bonds is 5. The summed E-state index contributed by atoms with van der Waals surface area (Å²) in [5.41, 5.74) is 2.19. The minimum atomic E-state index is -0.0894. The molecule has 8 nitrogen and oxygen atoms in total. The number of piperidine rings is 1. The molecular weight excluding hydrogens is 404 g/mol. The van der Waals surface area contributed by atoms with Gasteiger partial charge in [-0.25, -0.2) is 4.79 Å². The summed E-state index contributed by atoms with van der Waals surface area (Å²) in [4.78, 5) is 27.5. The van der Waals surface area contributed by atoms with Gasteiger partial charge in [-0.2, -0.15) is 5.10 Å². The molecule has 0 atom stereocenters. The van der Waals surface area contributed by atoms with Crippen LogP contribution in [0, 0.1) is 6.92 Å². The van der Waals surface area contributed by atoms with Crippen LogP contribution in [-0.4, -0.2) is 48.9 Å². The number of nitrogens with one attached hydrogen (secondary N) is 1. The highest BCUT2D eigenvalue weighted by Gasteiger charge is 2.22. The summed E-state index contributed by atoms with van der Waals surface area (Å²) in [6.45, 7) is 4.08. The molecule has 3 heterocycles. The molecule has 1 saturated heterocycles. The molecule has 0 bridgehead atoms. The number of carbonyl (C=O) groups is 1. The van der Waals surface area contributed by atoms with Crippen molar-refractivity contribution in [3.05, 3.63) is 69.6 Å². The Morgan fingerprint density at radius 2 is 1.90 bits per heavy atom. The molecule has 30 heavy (non-hydrogen) atoms. The van der Waals surface area contributed by atoms with Crippen LogP contribution in [0.4, 0.5) is 0 Å². The average molecular weight is 429 g/mol. The van der Waals surface area contributed by atoms with E-state index < -0.39 is 0 Å². The number of benzene rings is 1. The summed E-state index contributed by atoms with van der Waals surface area (Å²) in [6.07, 6.45) is 6.86. The fraction of sp³-hybridized carbons (Fsp3) is 0.381. The number of aromatic nitrogens is 4. The average Bonchev–Trinajstić information content (AvgIpc) is 3.27. The number of hydrogen-bond acceptors (Lipinski definition) is 4. The van der Waals surface area contributed by atoms with E-state index in [9.17, 15) is 9.59 Å². The number of carbonyl (C=O) groups excluding carboxylic acids is 1. The third-order valence-electron chi connectivity index (χ3n) is 5.46. The lowest BCUT2D eigenvalue weighted by Crippen LogP contribution is -2.45. The van der Waals surface area contributed by atoms with Crippen LogP contribution in [0.25, 0.3) is 5.69 Å². The monoisotopic (exact) mass is 428 g/mol. The first-order valence-corrected chi connectivity index (χ1v) is 10.3. The number of aryl methyl sites for hydroxylation is 2. The van der Waals surface area contributed by atoms with Gasteiger partial charge in [-0.15, -0.1) is 0 Å². The summed E-state index contributed by atoms with van der Waals surface area (Å²) in [5, 5.41) is 7.76. The molecule has 0 saturated carbocycles. The minimum absolute atomic E-state index is 0.0678. The van der Waals surface area contributed by atoms with Crippen LogP contribution in [0.1, 0.15) is 28.9 Å². The SMILES string of the molecule is Cc1cn(CN2CCC(NC(=O)c3cnn(C)c3)CC2)c(=O)n1-c1ccc(Cl)cc1. The summed E-state index contributed by atoms with van der Waals surface area (Å²) in [5.74, 6) is -0.0894. The highest BCUT2D eigenvalue weighted by Crippen LogP contribution is 2.15. The normalized spacial score (nSPS) is 15.4. The summed E-state index contributed by atoms with van der Waals surface area (Å²) in [6, 6.07) is 7.38. The van der Waals surface area contributed by atoms with Crippen LogP contribution in [0.2, 0.25) is 5.02 Å². The van der Waals surface area contributed by atoms with E-state index in [4.69, 9.17) is 11.6 Å². The van der Waals surface area contributed by atoms with Crippen LogP contribution in [0.3, 0.4) is 0 Å². The molecule has 1 N–H and O–H groups in total. The molecule has 1 aliphatic rings. The Bertz CT molecular complexity index is 1090. The minimum Gasteiger partial charge on any atom is -0.349 e. The summed E-state index contributed by atoms with van der Waals surface area (Å²) < 4.78 is 5.04. The van der Waals surface area contributed by atoms with Crippen molar-refractivity contribution in [2.75, 3.05) is 13.1 Å². The Kier molecular flexibility index (Phi) is 5.78. The second-order valence-corrected chi connectivity index (χ2v) is 8.18. The molecule has 1 amide bonds. The van der Waals surface area contributed by atoms with Crippen LogP contribution < -0.4 is 11.0 Å². The first kappa shape index (κ1) is 20.4. The molecule has 158 valence electrons. The topological polar surface area (TPSA) is 77.1 Å². The quantitative estimate of drug-likeness (QED) is 0.675. The molecule has 0 unspecified atom stereocenters. The largest absolute Gasteiger partial charge is 0.349 e. The molecule has 1 aromatic carbocycles. The van der Waals surface area contributed by atoms with E-state index in [1.54, 1.807) is 45.4 Å². The van der Waals surface area contributed by atoms with Gasteiger partial charge in [0, 0.05) is 49.3 Å². The Labute approximate surface area is 179 Å². The Hall–Kier alpha value is -2.84. The fourth-order valence-electron chi connectivity index (χ4n) is 3.86. The van der Waals surface area contributed by atoms with Crippen molar-refractivity contribution in [3.63, 3.8) is 0 Å². The molecule has 0 aliphatic carbocycles. The van der Waals surface area contributed by atoms with Gasteiger partial charge >= 0.3 is 5.69 Å². The standard InChI is InChI=1S/C21H25ClN6O2/c1-15-12-27(21(30)28(15)19-5-3-17(22)4-6-19)14-26-9-7-18(8-10-26)24-20(29)16-11-23-25(2)13-16/h3-6,11-13,18H,7-10,14H2,1-2H3,(H,24,29). The number of imidazole rings is 1. The molecule has 9 heteroatoms. The molecule has 2 aromatic heterocycles. The zero-order chi connectivity index (χ0) is 21.3. The Balaban J connectivity index is 1.36. The zero-order valence-corrected chi connectivity index (χ0v) is 17.8. The molecule has 0 radical (unpaired) electrons. The van der Waals surface area contributed by atoms with Crippen molar-refractivity contribution < 1.29 is 4.79 Å². The first-order chi connectivity index (χ1) is 14.4. The van der Waals surface area contributed by atoms with Crippen molar-refractivity contribution in [3.8, 4) is 5.69 Å². The van der Waals surface area contributed by atoms with Gasteiger partial charge < -0.3 is 5.32 Å². The van der Waals surface area contributed by atoms with Crippen LogP contribution in [-0.2, 0) is 13.7 Å². The maximum atomic E-state index is 12.9. The molecule has 1 fully saturated rings.